The lowest BCUT2D eigenvalue weighted by atomic mass is 9.99. The van der Waals surface area contributed by atoms with Gasteiger partial charge in [-0.1, -0.05) is 73.8 Å². The number of pyridine rings is 1. The van der Waals surface area contributed by atoms with Crippen LogP contribution in [-0.4, -0.2) is 35.3 Å². The SMILES string of the molecule is C=C(/C=C\C=C/C)C1CCNC1.CC.CNc1nnc(-c2ccc3cnccc3c2)s1. The number of benzene rings is 1. The maximum Gasteiger partial charge on any atom is 0.205 e. The van der Waals surface area contributed by atoms with Crippen molar-refractivity contribution in [3.05, 3.63) is 73.1 Å². The van der Waals surface area contributed by atoms with Crippen molar-refractivity contribution in [2.24, 2.45) is 5.92 Å². The van der Waals surface area contributed by atoms with Gasteiger partial charge in [-0.3, -0.25) is 4.98 Å². The first-order valence-electron chi connectivity index (χ1n) is 10.8. The van der Waals surface area contributed by atoms with Crippen LogP contribution in [0, 0.1) is 5.92 Å². The maximum atomic E-state index is 4.15. The highest BCUT2D eigenvalue weighted by atomic mass is 32.1. The number of anilines is 1. The average molecular weight is 436 g/mol. The molecular weight excluding hydrogens is 402 g/mol. The van der Waals surface area contributed by atoms with Crippen molar-refractivity contribution in [2.45, 2.75) is 27.2 Å². The standard InChI is InChI=1S/C12H10N4S.C11H17N.C2H6/c1-13-12-16-15-11(17-12)9-2-3-10-7-14-5-4-8(10)6-9;1-3-4-5-6-10(2)11-7-8-12-9-11;1-2/h2-7H,1H3,(H,13,16);3-6,11-12H,2,7-9H2,1H3;1-2H3/b;4-3-,6-5-;. The van der Waals surface area contributed by atoms with E-state index < -0.39 is 0 Å². The van der Waals surface area contributed by atoms with Crippen LogP contribution in [0.15, 0.2) is 73.1 Å². The summed E-state index contributed by atoms with van der Waals surface area (Å²) in [6, 6.07) is 8.21. The molecule has 1 aliphatic rings. The molecule has 1 fully saturated rings. The Morgan fingerprint density at radius 2 is 2.03 bits per heavy atom. The molecule has 0 radical (unpaired) electrons. The minimum atomic E-state index is 0.659. The Balaban J connectivity index is 0.000000216. The Kier molecular flexibility index (Phi) is 10.6. The van der Waals surface area contributed by atoms with Gasteiger partial charge in [0, 0.05) is 36.9 Å². The first-order chi connectivity index (χ1) is 15.2. The van der Waals surface area contributed by atoms with Crippen LogP contribution in [0.4, 0.5) is 5.13 Å². The molecule has 6 heteroatoms. The van der Waals surface area contributed by atoms with Gasteiger partial charge in [-0.15, -0.1) is 10.2 Å². The van der Waals surface area contributed by atoms with Crippen molar-refractivity contribution < 1.29 is 0 Å². The third kappa shape index (κ3) is 7.42. The van der Waals surface area contributed by atoms with Gasteiger partial charge in [-0.25, -0.2) is 0 Å². The van der Waals surface area contributed by atoms with Crippen molar-refractivity contribution in [2.75, 3.05) is 25.5 Å². The third-order valence-electron chi connectivity index (χ3n) is 4.72. The first-order valence-corrected chi connectivity index (χ1v) is 11.6. The Labute approximate surface area is 190 Å². The molecule has 4 rings (SSSR count). The fourth-order valence-electron chi connectivity index (χ4n) is 3.05. The Morgan fingerprint density at radius 1 is 1.19 bits per heavy atom. The van der Waals surface area contributed by atoms with E-state index in [1.54, 1.807) is 17.5 Å². The summed E-state index contributed by atoms with van der Waals surface area (Å²) in [5, 5.41) is 18.6. The van der Waals surface area contributed by atoms with Gasteiger partial charge in [0.1, 0.15) is 5.01 Å². The molecule has 2 aromatic heterocycles. The third-order valence-corrected chi connectivity index (χ3v) is 5.71. The van der Waals surface area contributed by atoms with Gasteiger partial charge in [0.05, 0.1) is 0 Å². The monoisotopic (exact) mass is 435 g/mol. The summed E-state index contributed by atoms with van der Waals surface area (Å²) >= 11 is 1.55. The summed E-state index contributed by atoms with van der Waals surface area (Å²) in [6.07, 6.45) is 13.1. The minimum Gasteiger partial charge on any atom is -0.363 e. The highest BCUT2D eigenvalue weighted by molar-refractivity contribution is 7.18. The summed E-state index contributed by atoms with van der Waals surface area (Å²) < 4.78 is 0. The molecule has 31 heavy (non-hydrogen) atoms. The van der Waals surface area contributed by atoms with E-state index >= 15 is 0 Å². The van der Waals surface area contributed by atoms with Crippen LogP contribution >= 0.6 is 11.3 Å². The predicted molar refractivity (Wildman–Crippen MR) is 136 cm³/mol. The van der Waals surface area contributed by atoms with Gasteiger partial charge >= 0.3 is 0 Å². The van der Waals surface area contributed by atoms with Gasteiger partial charge in [0.25, 0.3) is 0 Å². The molecule has 3 aromatic rings. The van der Waals surface area contributed by atoms with E-state index in [0.717, 1.165) is 34.2 Å². The van der Waals surface area contributed by atoms with Gasteiger partial charge in [-0.05, 0) is 43.3 Å². The zero-order valence-electron chi connectivity index (χ0n) is 18.9. The topological polar surface area (TPSA) is 62.7 Å². The summed E-state index contributed by atoms with van der Waals surface area (Å²) in [5.74, 6) is 0.659. The quantitative estimate of drug-likeness (QED) is 0.474. The molecule has 0 saturated carbocycles. The normalized spacial score (nSPS) is 15.4. The lowest BCUT2D eigenvalue weighted by Gasteiger charge is -2.06. The molecule has 164 valence electrons. The van der Waals surface area contributed by atoms with Crippen molar-refractivity contribution in [3.8, 4) is 10.6 Å². The van der Waals surface area contributed by atoms with E-state index in [1.807, 2.05) is 58.3 Å². The van der Waals surface area contributed by atoms with Gasteiger partial charge in [0.15, 0.2) is 0 Å². The number of fused-ring (bicyclic) bond motifs is 1. The summed E-state index contributed by atoms with van der Waals surface area (Å²) in [5.41, 5.74) is 2.33. The van der Waals surface area contributed by atoms with Crippen LogP contribution in [0.25, 0.3) is 21.3 Å². The minimum absolute atomic E-state index is 0.659. The van der Waals surface area contributed by atoms with Crippen LogP contribution < -0.4 is 10.6 Å². The second-order valence-electron chi connectivity index (χ2n) is 6.75. The number of rotatable bonds is 5. The Morgan fingerprint density at radius 3 is 2.71 bits per heavy atom. The number of nitrogens with zero attached hydrogens (tertiary/aromatic N) is 3. The second kappa shape index (κ2) is 13.5. The average Bonchev–Trinajstić information content (AvgIpc) is 3.53. The number of hydrogen-bond acceptors (Lipinski definition) is 6. The smallest absolute Gasteiger partial charge is 0.205 e. The summed E-state index contributed by atoms with van der Waals surface area (Å²) in [6.45, 7) is 12.3. The summed E-state index contributed by atoms with van der Waals surface area (Å²) in [7, 11) is 1.84. The number of allylic oxidation sites excluding steroid dienone is 4. The van der Waals surface area contributed by atoms with E-state index in [4.69, 9.17) is 0 Å². The van der Waals surface area contributed by atoms with Gasteiger partial charge in [0.2, 0.25) is 5.13 Å². The molecule has 0 spiro atoms. The van der Waals surface area contributed by atoms with Crippen molar-refractivity contribution >= 4 is 27.2 Å². The molecule has 1 saturated heterocycles. The number of hydrogen-bond donors (Lipinski definition) is 2. The van der Waals surface area contributed by atoms with E-state index in [9.17, 15) is 0 Å². The molecule has 0 aliphatic carbocycles. The van der Waals surface area contributed by atoms with Gasteiger partial charge < -0.3 is 10.6 Å². The van der Waals surface area contributed by atoms with Crippen LogP contribution in [0.1, 0.15) is 27.2 Å². The lowest BCUT2D eigenvalue weighted by molar-refractivity contribution is 0.700. The highest BCUT2D eigenvalue weighted by Gasteiger charge is 2.15. The van der Waals surface area contributed by atoms with Crippen LogP contribution in [0.3, 0.4) is 0 Å². The predicted octanol–water partition coefficient (Wildman–Crippen LogP) is 6.11. The molecule has 1 aromatic carbocycles. The van der Waals surface area contributed by atoms with E-state index in [0.29, 0.717) is 5.92 Å². The molecule has 0 amide bonds. The molecule has 0 bridgehead atoms. The molecule has 1 unspecified atom stereocenters. The molecule has 2 N–H and O–H groups in total. The zero-order chi connectivity index (χ0) is 22.5. The highest BCUT2D eigenvalue weighted by Crippen LogP contribution is 2.28. The second-order valence-corrected chi connectivity index (χ2v) is 7.73. The first kappa shape index (κ1) is 24.4. The zero-order valence-corrected chi connectivity index (χ0v) is 19.7. The van der Waals surface area contributed by atoms with E-state index in [1.165, 1.54) is 17.4 Å². The molecule has 3 heterocycles. The molecule has 1 atom stereocenters. The van der Waals surface area contributed by atoms with Crippen LogP contribution in [0.5, 0.6) is 0 Å². The fourth-order valence-corrected chi connectivity index (χ4v) is 3.75. The molecule has 1 aliphatic heterocycles. The molecular formula is C25H33N5S. The fraction of sp³-hybridized carbons (Fsp3) is 0.320. The number of nitrogens with one attached hydrogen (secondary N) is 2. The van der Waals surface area contributed by atoms with Crippen molar-refractivity contribution in [3.63, 3.8) is 0 Å². The van der Waals surface area contributed by atoms with Gasteiger partial charge in [-0.2, -0.15) is 0 Å². The van der Waals surface area contributed by atoms with E-state index in [-0.39, 0.29) is 0 Å². The summed E-state index contributed by atoms with van der Waals surface area (Å²) in [4.78, 5) is 4.10. The molecule has 5 nitrogen and oxygen atoms in total. The van der Waals surface area contributed by atoms with Crippen LogP contribution in [-0.2, 0) is 0 Å². The Bertz CT molecular complexity index is 1000. The van der Waals surface area contributed by atoms with E-state index in [2.05, 4.69) is 56.7 Å². The van der Waals surface area contributed by atoms with Crippen molar-refractivity contribution in [1.82, 2.24) is 20.5 Å². The largest absolute Gasteiger partial charge is 0.363 e. The lowest BCUT2D eigenvalue weighted by Crippen LogP contribution is -2.09. The maximum absolute atomic E-state index is 4.15. The number of aromatic nitrogens is 3. The van der Waals surface area contributed by atoms with Crippen LogP contribution in [0.2, 0.25) is 0 Å². The Hall–Kier alpha value is -2.83. The van der Waals surface area contributed by atoms with Crippen molar-refractivity contribution in [1.29, 1.82) is 0 Å².